The number of rotatable bonds is 6. The molecule has 0 aliphatic heterocycles. The first-order chi connectivity index (χ1) is 6.96. The molecule has 0 aliphatic carbocycles. The van der Waals surface area contributed by atoms with Crippen LogP contribution in [0.3, 0.4) is 0 Å². The molecule has 0 unspecified atom stereocenters. The van der Waals surface area contributed by atoms with E-state index in [2.05, 4.69) is 9.47 Å². The van der Waals surface area contributed by atoms with Gasteiger partial charge in [0.05, 0.1) is 0 Å². The van der Waals surface area contributed by atoms with Crippen LogP contribution in [0.15, 0.2) is 12.4 Å². The van der Waals surface area contributed by atoms with Gasteiger partial charge in [-0.05, 0) is 0 Å². The van der Waals surface area contributed by atoms with Gasteiger partial charge >= 0.3 is 18.3 Å². The van der Waals surface area contributed by atoms with Gasteiger partial charge in [0, 0.05) is 0 Å². The molecule has 16 heavy (non-hydrogen) atoms. The van der Waals surface area contributed by atoms with Gasteiger partial charge < -0.3 is 0 Å². The molecular weight excluding hydrogens is 256 g/mol. The van der Waals surface area contributed by atoms with Gasteiger partial charge in [-0.15, -0.1) is 0 Å². The highest BCUT2D eigenvalue weighted by Crippen LogP contribution is 2.42. The molecule has 0 aliphatic rings. The SMILES string of the molecule is C=C(F)C(F)(F)OC(F)(F)C(F)(F)OCF. The molecular formula is C6H4F8O2. The lowest BCUT2D eigenvalue weighted by Gasteiger charge is -2.27. The first kappa shape index (κ1) is 15.1. The Morgan fingerprint density at radius 2 is 1.44 bits per heavy atom. The third kappa shape index (κ3) is 3.30. The molecule has 0 saturated carbocycles. The highest BCUT2D eigenvalue weighted by Gasteiger charge is 2.65. The van der Waals surface area contributed by atoms with E-state index in [-0.39, 0.29) is 0 Å². The van der Waals surface area contributed by atoms with E-state index in [9.17, 15) is 35.1 Å². The molecule has 0 spiro atoms. The van der Waals surface area contributed by atoms with Gasteiger partial charge in [-0.1, -0.05) is 6.58 Å². The molecule has 0 aromatic rings. The highest BCUT2D eigenvalue weighted by atomic mass is 19.3. The molecule has 0 bridgehead atoms. The van der Waals surface area contributed by atoms with E-state index in [0.29, 0.717) is 0 Å². The molecule has 0 aromatic carbocycles. The first-order valence-electron chi connectivity index (χ1n) is 3.34. The van der Waals surface area contributed by atoms with Crippen LogP contribution in [-0.4, -0.2) is 25.2 Å². The lowest BCUT2D eigenvalue weighted by atomic mass is 10.5. The summed E-state index contributed by atoms with van der Waals surface area (Å²) >= 11 is 0. The van der Waals surface area contributed by atoms with Gasteiger partial charge in [-0.25, -0.2) is 13.5 Å². The van der Waals surface area contributed by atoms with Crippen molar-refractivity contribution in [3.8, 4) is 0 Å². The van der Waals surface area contributed by atoms with Gasteiger partial charge in [0.25, 0.3) is 0 Å². The van der Waals surface area contributed by atoms with Gasteiger partial charge in [0.1, 0.15) is 0 Å². The molecule has 0 atom stereocenters. The van der Waals surface area contributed by atoms with Gasteiger partial charge in [-0.2, -0.15) is 26.3 Å². The maximum absolute atomic E-state index is 12.3. The van der Waals surface area contributed by atoms with E-state index in [1.165, 1.54) is 0 Å². The van der Waals surface area contributed by atoms with Crippen LogP contribution in [0, 0.1) is 0 Å². The highest BCUT2D eigenvalue weighted by molar-refractivity contribution is 4.92. The number of halogens is 8. The third-order valence-corrected chi connectivity index (χ3v) is 1.15. The molecule has 0 rings (SSSR count). The van der Waals surface area contributed by atoms with Crippen LogP contribution in [0.5, 0.6) is 0 Å². The summed E-state index contributed by atoms with van der Waals surface area (Å²) in [5, 5.41) is 0. The van der Waals surface area contributed by atoms with Crippen molar-refractivity contribution in [2.75, 3.05) is 6.86 Å². The van der Waals surface area contributed by atoms with E-state index < -0.39 is 31.0 Å². The second kappa shape index (κ2) is 4.53. The van der Waals surface area contributed by atoms with Crippen LogP contribution in [0.1, 0.15) is 0 Å². The average molecular weight is 260 g/mol. The van der Waals surface area contributed by atoms with Crippen molar-refractivity contribution >= 4 is 0 Å². The number of hydrogen-bond acceptors (Lipinski definition) is 2. The number of hydrogen-bond donors (Lipinski definition) is 0. The molecule has 0 amide bonds. The Morgan fingerprint density at radius 1 is 1.00 bits per heavy atom. The minimum absolute atomic E-state index is 1.90. The average Bonchev–Trinajstić information content (AvgIpc) is 2.00. The normalized spacial score (nSPS) is 14.0. The molecule has 0 radical (unpaired) electrons. The Morgan fingerprint density at radius 3 is 1.75 bits per heavy atom. The number of alkyl halides is 7. The maximum Gasteiger partial charge on any atom is 0.453 e. The van der Waals surface area contributed by atoms with Gasteiger partial charge in [-0.3, -0.25) is 4.74 Å². The second-order valence-electron chi connectivity index (χ2n) is 2.31. The Labute approximate surface area is 83.4 Å². The molecule has 2 nitrogen and oxygen atoms in total. The van der Waals surface area contributed by atoms with Crippen molar-refractivity contribution in [3.05, 3.63) is 12.4 Å². The summed E-state index contributed by atoms with van der Waals surface area (Å²) < 4.78 is 101. The van der Waals surface area contributed by atoms with E-state index in [4.69, 9.17) is 0 Å². The topological polar surface area (TPSA) is 18.5 Å². The largest absolute Gasteiger partial charge is 0.453 e. The van der Waals surface area contributed by atoms with Gasteiger partial charge in [0.15, 0.2) is 12.7 Å². The smallest absolute Gasteiger partial charge is 0.281 e. The fourth-order valence-electron chi connectivity index (χ4n) is 0.428. The Bertz CT molecular complexity index is 263. The van der Waals surface area contributed by atoms with Gasteiger partial charge in [0.2, 0.25) is 0 Å². The summed E-state index contributed by atoms with van der Waals surface area (Å²) in [6.07, 6.45) is -17.0. The summed E-state index contributed by atoms with van der Waals surface area (Å²) in [4.78, 5) is 0. The second-order valence-corrected chi connectivity index (χ2v) is 2.31. The van der Waals surface area contributed by atoms with Crippen molar-refractivity contribution < 1.29 is 44.6 Å². The predicted molar refractivity (Wildman–Crippen MR) is 33.2 cm³/mol. The maximum atomic E-state index is 12.3. The predicted octanol–water partition coefficient (Wildman–Crippen LogP) is 3.21. The monoisotopic (exact) mass is 260 g/mol. The third-order valence-electron chi connectivity index (χ3n) is 1.15. The quantitative estimate of drug-likeness (QED) is 0.683. The minimum Gasteiger partial charge on any atom is -0.281 e. The summed E-state index contributed by atoms with van der Waals surface area (Å²) in [5.41, 5.74) is 0. The molecule has 0 N–H and O–H groups in total. The minimum atomic E-state index is -5.93. The molecule has 96 valence electrons. The molecule has 0 heterocycles. The van der Waals surface area contributed by atoms with Crippen molar-refractivity contribution in [1.82, 2.24) is 0 Å². The van der Waals surface area contributed by atoms with Crippen LogP contribution in [0.4, 0.5) is 35.1 Å². The van der Waals surface area contributed by atoms with E-state index in [0.717, 1.165) is 0 Å². The zero-order valence-electron chi connectivity index (χ0n) is 7.25. The Hall–Kier alpha value is -0.900. The fourth-order valence-corrected chi connectivity index (χ4v) is 0.428. The lowest BCUT2D eigenvalue weighted by Crippen LogP contribution is -2.48. The lowest BCUT2D eigenvalue weighted by molar-refractivity contribution is -0.479. The molecule has 0 saturated heterocycles. The number of ether oxygens (including phenoxy) is 2. The van der Waals surface area contributed by atoms with E-state index in [1.54, 1.807) is 0 Å². The van der Waals surface area contributed by atoms with E-state index >= 15 is 0 Å². The fraction of sp³-hybridized carbons (Fsp3) is 0.667. The van der Waals surface area contributed by atoms with Crippen molar-refractivity contribution in [2.24, 2.45) is 0 Å². The van der Waals surface area contributed by atoms with Crippen molar-refractivity contribution in [2.45, 2.75) is 18.3 Å². The summed E-state index contributed by atoms with van der Waals surface area (Å²) in [7, 11) is 0. The zero-order valence-corrected chi connectivity index (χ0v) is 7.25. The van der Waals surface area contributed by atoms with Crippen molar-refractivity contribution in [1.29, 1.82) is 0 Å². The molecule has 0 aromatic heterocycles. The summed E-state index contributed by atoms with van der Waals surface area (Å²) in [6, 6.07) is 0. The van der Waals surface area contributed by atoms with E-state index in [1.807, 2.05) is 6.58 Å². The summed E-state index contributed by atoms with van der Waals surface area (Å²) in [5.74, 6) is -2.72. The Balaban J connectivity index is 4.87. The van der Waals surface area contributed by atoms with Crippen molar-refractivity contribution in [3.63, 3.8) is 0 Å². The molecule has 0 fully saturated rings. The zero-order chi connectivity index (χ0) is 13.2. The van der Waals surface area contributed by atoms with Crippen LogP contribution in [0.2, 0.25) is 0 Å². The van der Waals surface area contributed by atoms with Crippen LogP contribution in [0.25, 0.3) is 0 Å². The summed E-state index contributed by atoms with van der Waals surface area (Å²) in [6.45, 7) is -0.477. The Kier molecular flexibility index (Phi) is 4.28. The van der Waals surface area contributed by atoms with Crippen LogP contribution < -0.4 is 0 Å². The standard InChI is InChI=1S/C6H4F8O2/c1-3(8)4(9,10)16-6(13,14)5(11,12)15-2-7/h1-2H2. The van der Waals surface area contributed by atoms with Crippen LogP contribution in [-0.2, 0) is 9.47 Å². The van der Waals surface area contributed by atoms with Crippen LogP contribution >= 0.6 is 0 Å². The molecule has 10 heteroatoms. The first-order valence-corrected chi connectivity index (χ1v) is 3.34.